The van der Waals surface area contributed by atoms with Gasteiger partial charge in [-0.3, -0.25) is 14.7 Å². The van der Waals surface area contributed by atoms with Gasteiger partial charge in [0.25, 0.3) is 5.91 Å². The predicted molar refractivity (Wildman–Crippen MR) is 217 cm³/mol. The highest BCUT2D eigenvalue weighted by Gasteiger charge is 2.26. The molecule has 0 saturated carbocycles. The molecule has 57 heavy (non-hydrogen) atoms. The number of nitrogens with zero attached hydrogens (tertiary/aromatic N) is 1. The summed E-state index contributed by atoms with van der Waals surface area (Å²) in [5, 5.41) is 4.85. The van der Waals surface area contributed by atoms with Crippen molar-refractivity contribution in [3.8, 4) is 23.0 Å². The quantitative estimate of drug-likeness (QED) is 0.0664. The number of ether oxygens (including phenoxy) is 9. The smallest absolute Gasteiger partial charge is 0.338 e. The Morgan fingerprint density at radius 1 is 0.649 bits per heavy atom. The van der Waals surface area contributed by atoms with Crippen LogP contribution in [0.5, 0.6) is 23.0 Å². The maximum absolute atomic E-state index is 13.0. The second kappa shape index (κ2) is 26.3. The van der Waals surface area contributed by atoms with E-state index < -0.39 is 19.5 Å². The number of rotatable bonds is 25. The van der Waals surface area contributed by atoms with Gasteiger partial charge in [0, 0.05) is 51.5 Å². The van der Waals surface area contributed by atoms with E-state index in [1.54, 1.807) is 84.1 Å². The van der Waals surface area contributed by atoms with E-state index in [0.29, 0.717) is 71.4 Å². The Morgan fingerprint density at radius 3 is 1.39 bits per heavy atom. The Bertz CT molecular complexity index is 1620. The number of thiazole rings is 1. The molecule has 1 amide bonds. The predicted octanol–water partition coefficient (Wildman–Crippen LogP) is 7.29. The molecule has 1 heterocycles. The summed E-state index contributed by atoms with van der Waals surface area (Å²) in [5.74, 6) is 1.14. The molecule has 18 heteroatoms. The zero-order valence-electron chi connectivity index (χ0n) is 34.8. The third kappa shape index (κ3) is 18.6. The lowest BCUT2D eigenvalue weighted by atomic mass is 10.2. The Kier molecular flexibility index (Phi) is 22.7. The second-order valence-corrected chi connectivity index (χ2v) is 15.5. The molecule has 1 N–H and O–H groups in total. The Morgan fingerprint density at radius 2 is 1.04 bits per heavy atom. The summed E-state index contributed by atoms with van der Waals surface area (Å²) in [6.07, 6.45) is -0.730. The molecular formula is C39H59N2O14PS. The van der Waals surface area contributed by atoms with Crippen molar-refractivity contribution in [2.24, 2.45) is 0 Å². The van der Waals surface area contributed by atoms with E-state index in [2.05, 4.69) is 10.3 Å². The molecule has 0 aliphatic rings. The van der Waals surface area contributed by atoms with Crippen molar-refractivity contribution in [1.29, 1.82) is 0 Å². The van der Waals surface area contributed by atoms with Crippen LogP contribution >= 0.6 is 18.9 Å². The number of hydrogen-bond acceptors (Lipinski definition) is 16. The third-order valence-electron chi connectivity index (χ3n) is 7.18. The van der Waals surface area contributed by atoms with Gasteiger partial charge in [-0.05, 0) is 65.8 Å². The number of amides is 1. The summed E-state index contributed by atoms with van der Waals surface area (Å²) in [7, 11) is 4.43. The van der Waals surface area contributed by atoms with Crippen molar-refractivity contribution < 1.29 is 65.8 Å². The van der Waals surface area contributed by atoms with Gasteiger partial charge in [-0.2, -0.15) is 0 Å². The Hall–Kier alpha value is -3.80. The number of nitrogens with one attached hydrogen (secondary N) is 1. The molecule has 320 valence electrons. The summed E-state index contributed by atoms with van der Waals surface area (Å²) in [5.41, 5.74) is 1.21. The number of carbonyl (C=O) groups is 2. The van der Waals surface area contributed by atoms with Gasteiger partial charge < -0.3 is 51.7 Å². The van der Waals surface area contributed by atoms with Gasteiger partial charge in [-0.15, -0.1) is 11.3 Å². The molecule has 16 nitrogen and oxygen atoms in total. The monoisotopic (exact) mass is 842 g/mol. The van der Waals surface area contributed by atoms with Crippen LogP contribution < -0.4 is 24.3 Å². The molecule has 0 bridgehead atoms. The van der Waals surface area contributed by atoms with Crippen LogP contribution in [0.15, 0.2) is 41.8 Å². The number of esters is 1. The lowest BCUT2D eigenvalue weighted by molar-refractivity contribution is 0.0596. The molecule has 0 unspecified atom stereocenters. The van der Waals surface area contributed by atoms with Gasteiger partial charge in [0.2, 0.25) is 0 Å². The van der Waals surface area contributed by atoms with Crippen molar-refractivity contribution in [3.05, 3.63) is 58.6 Å². The van der Waals surface area contributed by atoms with Crippen LogP contribution in [0.4, 0.5) is 5.13 Å². The molecule has 4 atom stereocenters. The average molecular weight is 843 g/mol. The summed E-state index contributed by atoms with van der Waals surface area (Å²) >= 11 is 1.22. The van der Waals surface area contributed by atoms with Crippen molar-refractivity contribution in [2.75, 3.05) is 80.5 Å². The molecular weight excluding hydrogens is 783 g/mol. The second-order valence-electron chi connectivity index (χ2n) is 12.6. The number of anilines is 1. The van der Waals surface area contributed by atoms with E-state index in [1.807, 2.05) is 27.7 Å². The van der Waals surface area contributed by atoms with Crippen molar-refractivity contribution in [2.45, 2.75) is 72.1 Å². The van der Waals surface area contributed by atoms with Crippen molar-refractivity contribution in [1.82, 2.24) is 4.98 Å². The van der Waals surface area contributed by atoms with E-state index in [-0.39, 0.29) is 43.8 Å². The lowest BCUT2D eigenvalue weighted by Gasteiger charge is -2.18. The molecule has 0 radical (unpaired) electrons. The molecule has 2 aromatic carbocycles. The minimum Gasteiger partial charge on any atom is -0.488 e. The summed E-state index contributed by atoms with van der Waals surface area (Å²) in [6.45, 7) is 13.2. The van der Waals surface area contributed by atoms with Crippen LogP contribution in [0.3, 0.4) is 0 Å². The maximum Gasteiger partial charge on any atom is 0.338 e. The minimum atomic E-state index is -3.29. The van der Waals surface area contributed by atoms with E-state index in [1.165, 1.54) is 18.4 Å². The molecule has 1 aromatic heterocycles. The van der Waals surface area contributed by atoms with Crippen LogP contribution in [0, 0.1) is 0 Å². The third-order valence-corrected chi connectivity index (χ3v) is 10.00. The van der Waals surface area contributed by atoms with Crippen LogP contribution in [0.2, 0.25) is 0 Å². The standard InChI is InChI=1S/C23H35N2O8PS.C16H24O6/c1-7-30-34(27,31-8-2)14-19-15-35-23(24-19)25-22(26)18-9-20(32-16(3)12-28-5)11-21(10-18)33-17(4)13-29-6;1-11(9-18-3)21-14-6-13(16(17)20-5)7-15(8-14)22-12(2)10-19-4/h9-11,15-17H,7-8,12-14H2,1-6H3,(H,24,25,26);6-8,11-12H,9-10H2,1-5H3/t16-,17-;11-,12-/m00/s1. The first kappa shape index (κ1) is 49.3. The van der Waals surface area contributed by atoms with Gasteiger partial charge >= 0.3 is 13.6 Å². The fraction of sp³-hybridized carbons (Fsp3) is 0.564. The normalized spacial score (nSPS) is 13.3. The average Bonchev–Trinajstić information content (AvgIpc) is 3.57. The van der Waals surface area contributed by atoms with Crippen LogP contribution in [-0.2, 0) is 43.5 Å². The van der Waals surface area contributed by atoms with Gasteiger partial charge in [-0.25, -0.2) is 9.78 Å². The fourth-order valence-corrected chi connectivity index (χ4v) is 7.54. The highest BCUT2D eigenvalue weighted by Crippen LogP contribution is 2.51. The van der Waals surface area contributed by atoms with E-state index in [4.69, 9.17) is 51.7 Å². The van der Waals surface area contributed by atoms with Crippen molar-refractivity contribution in [3.63, 3.8) is 0 Å². The SMILES string of the molecule is CCOP(=O)(Cc1csc(NC(=O)c2cc(O[C@@H](C)COC)cc(O[C@@H](C)COC)c2)n1)OCC.COC[C@H](C)Oc1cc(O[C@@H](C)COC)cc(C(=O)OC)c1. The molecule has 0 saturated heterocycles. The van der Waals surface area contributed by atoms with Gasteiger partial charge in [0.05, 0.1) is 64.2 Å². The van der Waals surface area contributed by atoms with E-state index in [9.17, 15) is 14.2 Å². The summed E-state index contributed by atoms with van der Waals surface area (Å²) in [6, 6.07) is 9.93. The summed E-state index contributed by atoms with van der Waals surface area (Å²) in [4.78, 5) is 29.2. The number of hydrogen-bond donors (Lipinski definition) is 1. The number of carbonyl (C=O) groups excluding carboxylic acids is 2. The van der Waals surface area contributed by atoms with Gasteiger partial charge in [-0.1, -0.05) is 0 Å². The fourth-order valence-electron chi connectivity index (χ4n) is 5.11. The summed E-state index contributed by atoms with van der Waals surface area (Å²) < 4.78 is 71.7. The van der Waals surface area contributed by atoms with E-state index >= 15 is 0 Å². The molecule has 0 aliphatic carbocycles. The first-order valence-corrected chi connectivity index (χ1v) is 21.0. The number of aromatic nitrogens is 1. The maximum atomic E-state index is 13.0. The minimum absolute atomic E-state index is 0.0249. The van der Waals surface area contributed by atoms with Gasteiger partial charge in [0.1, 0.15) is 47.4 Å². The Balaban J connectivity index is 0.000000438. The topological polar surface area (TPSA) is 178 Å². The number of methoxy groups -OCH3 is 5. The zero-order valence-corrected chi connectivity index (χ0v) is 36.5. The van der Waals surface area contributed by atoms with Crippen LogP contribution in [0.1, 0.15) is 68.0 Å². The lowest BCUT2D eigenvalue weighted by Crippen LogP contribution is -2.20. The highest BCUT2D eigenvalue weighted by molar-refractivity contribution is 7.53. The number of benzene rings is 2. The molecule has 0 aliphatic heterocycles. The first-order valence-electron chi connectivity index (χ1n) is 18.4. The van der Waals surface area contributed by atoms with Crippen LogP contribution in [-0.4, -0.2) is 116 Å². The molecule has 3 rings (SSSR count). The van der Waals surface area contributed by atoms with Gasteiger partial charge in [0.15, 0.2) is 5.13 Å². The zero-order chi connectivity index (χ0) is 42.4. The largest absolute Gasteiger partial charge is 0.488 e. The van der Waals surface area contributed by atoms with Crippen LogP contribution in [0.25, 0.3) is 0 Å². The molecule has 0 fully saturated rings. The molecule has 3 aromatic rings. The van der Waals surface area contributed by atoms with Crippen molar-refractivity contribution >= 4 is 35.9 Å². The van der Waals surface area contributed by atoms with E-state index in [0.717, 1.165) is 0 Å². The first-order chi connectivity index (χ1) is 27.2. The molecule has 0 spiro atoms. The Labute approximate surface area is 340 Å². The highest BCUT2D eigenvalue weighted by atomic mass is 32.1.